The van der Waals surface area contributed by atoms with E-state index < -0.39 is 0 Å². The largest absolute Gasteiger partial charge is 0.497 e. The predicted octanol–water partition coefficient (Wildman–Crippen LogP) is 3.52. The fraction of sp³-hybridized carbons (Fsp3) is 0.190. The molecule has 0 amide bonds. The van der Waals surface area contributed by atoms with Gasteiger partial charge in [0.25, 0.3) is 0 Å². The summed E-state index contributed by atoms with van der Waals surface area (Å²) in [5, 5.41) is 7.89. The molecule has 0 saturated heterocycles. The molecule has 0 radical (unpaired) electrons. The minimum Gasteiger partial charge on any atom is -0.497 e. The standard InChI is InChI=1S/C21H18FN5O/c1-28-19-3-2-13-7-17(8-14(13)9-19)25-21-26-20(10-18-4-5-24-27(18)21)15-6-16(22)12-23-11-15/h2-6,9-12,17H,7-8H2,1H3,(H,25,26). The highest BCUT2D eigenvalue weighted by atomic mass is 19.1. The van der Waals surface area contributed by atoms with E-state index in [1.165, 1.54) is 23.4 Å². The van der Waals surface area contributed by atoms with Gasteiger partial charge in [-0.2, -0.15) is 5.10 Å². The van der Waals surface area contributed by atoms with E-state index in [0.29, 0.717) is 17.2 Å². The van der Waals surface area contributed by atoms with Gasteiger partial charge < -0.3 is 10.1 Å². The van der Waals surface area contributed by atoms with Crippen LogP contribution in [0.5, 0.6) is 5.75 Å². The lowest BCUT2D eigenvalue weighted by molar-refractivity contribution is 0.414. The highest BCUT2D eigenvalue weighted by Crippen LogP contribution is 2.29. The molecule has 140 valence electrons. The first-order valence-corrected chi connectivity index (χ1v) is 9.07. The second-order valence-corrected chi connectivity index (χ2v) is 6.91. The Balaban J connectivity index is 1.48. The van der Waals surface area contributed by atoms with Crippen LogP contribution in [0.25, 0.3) is 16.8 Å². The maximum Gasteiger partial charge on any atom is 0.225 e. The van der Waals surface area contributed by atoms with Crippen LogP contribution in [0.4, 0.5) is 10.3 Å². The van der Waals surface area contributed by atoms with Crippen LogP contribution in [0.2, 0.25) is 0 Å². The molecular weight excluding hydrogens is 357 g/mol. The first kappa shape index (κ1) is 16.7. The number of ether oxygens (including phenoxy) is 1. The lowest BCUT2D eigenvalue weighted by atomic mass is 10.1. The SMILES string of the molecule is COc1ccc2c(c1)CC(Nc1nc(-c3cncc(F)c3)cc3ccnn13)C2. The Morgan fingerprint density at radius 1 is 1.11 bits per heavy atom. The summed E-state index contributed by atoms with van der Waals surface area (Å²) in [4.78, 5) is 8.64. The average Bonchev–Trinajstić information content (AvgIpc) is 3.33. The van der Waals surface area contributed by atoms with Gasteiger partial charge in [0.2, 0.25) is 5.95 Å². The fourth-order valence-electron chi connectivity index (χ4n) is 3.73. The molecule has 1 aliphatic rings. The van der Waals surface area contributed by atoms with Gasteiger partial charge in [0.15, 0.2) is 0 Å². The number of rotatable bonds is 4. The van der Waals surface area contributed by atoms with Crippen molar-refractivity contribution in [2.75, 3.05) is 12.4 Å². The van der Waals surface area contributed by atoms with E-state index >= 15 is 0 Å². The van der Waals surface area contributed by atoms with E-state index in [2.05, 4.69) is 27.5 Å². The molecule has 28 heavy (non-hydrogen) atoms. The second-order valence-electron chi connectivity index (χ2n) is 6.91. The summed E-state index contributed by atoms with van der Waals surface area (Å²) in [6, 6.07) is 11.6. The molecule has 1 atom stereocenters. The Morgan fingerprint density at radius 3 is 2.86 bits per heavy atom. The van der Waals surface area contributed by atoms with Gasteiger partial charge in [-0.25, -0.2) is 13.9 Å². The number of hydrogen-bond acceptors (Lipinski definition) is 5. The van der Waals surface area contributed by atoms with Crippen molar-refractivity contribution in [3.8, 4) is 17.0 Å². The Morgan fingerprint density at radius 2 is 2.00 bits per heavy atom. The van der Waals surface area contributed by atoms with Gasteiger partial charge in [0.05, 0.1) is 30.7 Å². The molecule has 0 spiro atoms. The van der Waals surface area contributed by atoms with Crippen molar-refractivity contribution >= 4 is 11.5 Å². The van der Waals surface area contributed by atoms with Crippen LogP contribution >= 0.6 is 0 Å². The molecule has 1 unspecified atom stereocenters. The van der Waals surface area contributed by atoms with E-state index in [1.807, 2.05) is 18.2 Å². The summed E-state index contributed by atoms with van der Waals surface area (Å²) in [6.45, 7) is 0. The molecule has 1 aliphatic carbocycles. The van der Waals surface area contributed by atoms with Gasteiger partial charge in [0, 0.05) is 17.8 Å². The molecule has 1 N–H and O–H groups in total. The van der Waals surface area contributed by atoms with Crippen molar-refractivity contribution in [1.29, 1.82) is 0 Å². The number of anilines is 1. The van der Waals surface area contributed by atoms with Gasteiger partial charge in [-0.3, -0.25) is 4.98 Å². The number of fused-ring (bicyclic) bond motifs is 2. The number of aromatic nitrogens is 4. The van der Waals surface area contributed by atoms with Gasteiger partial charge in [-0.1, -0.05) is 6.07 Å². The smallest absolute Gasteiger partial charge is 0.225 e. The molecule has 7 heteroatoms. The number of pyridine rings is 1. The Hall–Kier alpha value is -3.48. The second kappa shape index (κ2) is 6.60. The van der Waals surface area contributed by atoms with Crippen molar-refractivity contribution in [2.24, 2.45) is 0 Å². The van der Waals surface area contributed by atoms with Crippen LogP contribution in [0.15, 0.2) is 55.0 Å². The molecule has 0 saturated carbocycles. The highest BCUT2D eigenvalue weighted by Gasteiger charge is 2.23. The molecule has 5 rings (SSSR count). The van der Waals surface area contributed by atoms with Crippen molar-refractivity contribution in [1.82, 2.24) is 19.6 Å². The van der Waals surface area contributed by atoms with Gasteiger partial charge >= 0.3 is 0 Å². The Labute approximate surface area is 161 Å². The zero-order valence-corrected chi connectivity index (χ0v) is 15.3. The summed E-state index contributed by atoms with van der Waals surface area (Å²) >= 11 is 0. The van der Waals surface area contributed by atoms with Crippen LogP contribution in [-0.4, -0.2) is 32.7 Å². The van der Waals surface area contributed by atoms with E-state index in [0.717, 1.165) is 24.1 Å². The molecular formula is C21H18FN5O. The third-order valence-electron chi connectivity index (χ3n) is 5.06. The molecule has 0 fully saturated rings. The van der Waals surface area contributed by atoms with Crippen molar-refractivity contribution in [3.63, 3.8) is 0 Å². The number of halogens is 1. The molecule has 4 aromatic rings. The molecule has 0 bridgehead atoms. The monoisotopic (exact) mass is 375 g/mol. The zero-order valence-electron chi connectivity index (χ0n) is 15.3. The first-order chi connectivity index (χ1) is 13.7. The maximum absolute atomic E-state index is 13.6. The molecule has 1 aromatic carbocycles. The minimum atomic E-state index is -0.387. The summed E-state index contributed by atoms with van der Waals surface area (Å²) in [5.74, 6) is 1.11. The lowest BCUT2D eigenvalue weighted by Gasteiger charge is -2.15. The van der Waals surface area contributed by atoms with E-state index in [9.17, 15) is 4.39 Å². The number of benzene rings is 1. The van der Waals surface area contributed by atoms with Gasteiger partial charge in [-0.05, 0) is 54.3 Å². The summed E-state index contributed by atoms with van der Waals surface area (Å²) < 4.78 is 20.7. The van der Waals surface area contributed by atoms with Crippen LogP contribution in [0.3, 0.4) is 0 Å². The third-order valence-corrected chi connectivity index (χ3v) is 5.06. The number of nitrogens with one attached hydrogen (secondary N) is 1. The van der Waals surface area contributed by atoms with Crippen LogP contribution in [0, 0.1) is 5.82 Å². The number of nitrogens with zero attached hydrogens (tertiary/aromatic N) is 4. The summed E-state index contributed by atoms with van der Waals surface area (Å²) in [6.07, 6.45) is 6.30. The van der Waals surface area contributed by atoms with Crippen LogP contribution in [-0.2, 0) is 12.8 Å². The quantitative estimate of drug-likeness (QED) is 0.591. The van der Waals surface area contributed by atoms with E-state index in [4.69, 9.17) is 9.72 Å². The van der Waals surface area contributed by atoms with Crippen molar-refractivity contribution in [3.05, 3.63) is 71.9 Å². The van der Waals surface area contributed by atoms with E-state index in [-0.39, 0.29) is 11.9 Å². The predicted molar refractivity (Wildman–Crippen MR) is 104 cm³/mol. The van der Waals surface area contributed by atoms with Gasteiger partial charge in [0.1, 0.15) is 11.6 Å². The Bertz CT molecular complexity index is 1170. The maximum atomic E-state index is 13.6. The lowest BCUT2D eigenvalue weighted by Crippen LogP contribution is -2.22. The molecule has 3 aromatic heterocycles. The topological polar surface area (TPSA) is 64.3 Å². The normalized spacial score (nSPS) is 15.6. The first-order valence-electron chi connectivity index (χ1n) is 9.07. The summed E-state index contributed by atoms with van der Waals surface area (Å²) in [5.41, 5.74) is 4.75. The zero-order chi connectivity index (χ0) is 19.1. The number of methoxy groups -OCH3 is 1. The van der Waals surface area contributed by atoms with E-state index in [1.54, 1.807) is 24.0 Å². The Kier molecular flexibility index (Phi) is 3.93. The van der Waals surface area contributed by atoms with Gasteiger partial charge in [-0.15, -0.1) is 0 Å². The fourth-order valence-corrected chi connectivity index (χ4v) is 3.73. The minimum absolute atomic E-state index is 0.197. The molecule has 0 aliphatic heterocycles. The average molecular weight is 375 g/mol. The van der Waals surface area contributed by atoms with Crippen molar-refractivity contribution < 1.29 is 9.13 Å². The van der Waals surface area contributed by atoms with Crippen LogP contribution < -0.4 is 10.1 Å². The molecule has 6 nitrogen and oxygen atoms in total. The van der Waals surface area contributed by atoms with Crippen LogP contribution in [0.1, 0.15) is 11.1 Å². The highest BCUT2D eigenvalue weighted by molar-refractivity contribution is 5.67. The number of hydrogen-bond donors (Lipinski definition) is 1. The van der Waals surface area contributed by atoms with Crippen molar-refractivity contribution in [2.45, 2.75) is 18.9 Å². The summed E-state index contributed by atoms with van der Waals surface area (Å²) in [7, 11) is 1.68. The third kappa shape index (κ3) is 2.94. The molecule has 3 heterocycles.